The third kappa shape index (κ3) is 5.57. The molecule has 29 heavy (non-hydrogen) atoms. The molecule has 0 bridgehead atoms. The van der Waals surface area contributed by atoms with Crippen molar-refractivity contribution >= 4 is 22.8 Å². The van der Waals surface area contributed by atoms with Crippen molar-refractivity contribution in [1.82, 2.24) is 15.1 Å². The number of hydrogen-bond acceptors (Lipinski definition) is 6. The number of rotatable bonds is 6. The maximum atomic E-state index is 12.4. The molecule has 8 nitrogen and oxygen atoms in total. The van der Waals surface area contributed by atoms with Gasteiger partial charge in [-0.3, -0.25) is 14.5 Å². The van der Waals surface area contributed by atoms with E-state index in [1.54, 1.807) is 17.0 Å². The van der Waals surface area contributed by atoms with Gasteiger partial charge in [0, 0.05) is 49.7 Å². The van der Waals surface area contributed by atoms with Gasteiger partial charge in [-0.1, -0.05) is 0 Å². The summed E-state index contributed by atoms with van der Waals surface area (Å²) in [4.78, 5) is 39.6. The summed E-state index contributed by atoms with van der Waals surface area (Å²) in [6, 6.07) is 6.76. The van der Waals surface area contributed by atoms with Crippen LogP contribution in [0.15, 0.2) is 33.5 Å². The molecule has 2 heterocycles. The maximum absolute atomic E-state index is 12.4. The fourth-order valence-corrected chi connectivity index (χ4v) is 3.36. The Labute approximate surface area is 169 Å². The monoisotopic (exact) mass is 401 g/mol. The summed E-state index contributed by atoms with van der Waals surface area (Å²) in [7, 11) is 0. The van der Waals surface area contributed by atoms with Crippen LogP contribution in [0.4, 0.5) is 0 Å². The standard InChI is InChI=1S/C21H27N3O5/c1-14(2)22-19(25)12-23-6-8-24(9-7-23)20(26)13-28-16-4-5-17-15(3)10-21(27)29-18(17)11-16/h4-5,10-11,14H,6-9,12-13H2,1-3H3,(H,22,25). The summed E-state index contributed by atoms with van der Waals surface area (Å²) in [5.74, 6) is 0.368. The molecule has 0 spiro atoms. The van der Waals surface area contributed by atoms with Crippen molar-refractivity contribution < 1.29 is 18.7 Å². The van der Waals surface area contributed by atoms with E-state index in [1.165, 1.54) is 6.07 Å². The van der Waals surface area contributed by atoms with Gasteiger partial charge in [0.15, 0.2) is 6.61 Å². The fraction of sp³-hybridized carbons (Fsp3) is 0.476. The fourth-order valence-electron chi connectivity index (χ4n) is 3.36. The van der Waals surface area contributed by atoms with Gasteiger partial charge >= 0.3 is 5.63 Å². The molecule has 2 amide bonds. The second-order valence-electron chi connectivity index (χ2n) is 7.57. The second-order valence-corrected chi connectivity index (χ2v) is 7.57. The molecule has 1 aliphatic rings. The molecule has 0 atom stereocenters. The van der Waals surface area contributed by atoms with E-state index >= 15 is 0 Å². The SMILES string of the molecule is Cc1cc(=O)oc2cc(OCC(=O)N3CCN(CC(=O)NC(C)C)CC3)ccc12. The largest absolute Gasteiger partial charge is 0.484 e. The van der Waals surface area contributed by atoms with Crippen LogP contribution in [0.3, 0.4) is 0 Å². The molecule has 8 heteroatoms. The van der Waals surface area contributed by atoms with Crippen LogP contribution in [0.2, 0.25) is 0 Å². The molecule has 0 aliphatic carbocycles. The molecule has 0 unspecified atom stereocenters. The first-order valence-electron chi connectivity index (χ1n) is 9.78. The Morgan fingerprint density at radius 2 is 1.90 bits per heavy atom. The molecule has 2 aromatic rings. The highest BCUT2D eigenvalue weighted by Crippen LogP contribution is 2.22. The minimum Gasteiger partial charge on any atom is -0.484 e. The predicted molar refractivity (Wildman–Crippen MR) is 109 cm³/mol. The summed E-state index contributed by atoms with van der Waals surface area (Å²) >= 11 is 0. The van der Waals surface area contributed by atoms with Gasteiger partial charge in [0.1, 0.15) is 11.3 Å². The van der Waals surface area contributed by atoms with E-state index in [9.17, 15) is 14.4 Å². The minimum atomic E-state index is -0.414. The first kappa shape index (κ1) is 20.9. The van der Waals surface area contributed by atoms with Gasteiger partial charge in [0.25, 0.3) is 5.91 Å². The Bertz CT molecular complexity index is 945. The molecular formula is C21H27N3O5. The molecule has 1 aromatic heterocycles. The van der Waals surface area contributed by atoms with Crippen molar-refractivity contribution in [1.29, 1.82) is 0 Å². The van der Waals surface area contributed by atoms with E-state index < -0.39 is 5.63 Å². The zero-order valence-electron chi connectivity index (χ0n) is 17.1. The van der Waals surface area contributed by atoms with Gasteiger partial charge in [-0.2, -0.15) is 0 Å². The summed E-state index contributed by atoms with van der Waals surface area (Å²) in [6.07, 6.45) is 0. The van der Waals surface area contributed by atoms with Crippen LogP contribution >= 0.6 is 0 Å². The Balaban J connectivity index is 1.50. The molecule has 0 saturated carbocycles. The van der Waals surface area contributed by atoms with Crippen molar-refractivity contribution in [3.63, 3.8) is 0 Å². The molecule has 1 N–H and O–H groups in total. The summed E-state index contributed by atoms with van der Waals surface area (Å²) in [5.41, 5.74) is 0.857. The number of benzene rings is 1. The highest BCUT2D eigenvalue weighted by atomic mass is 16.5. The number of ether oxygens (including phenoxy) is 1. The molecule has 1 aromatic carbocycles. The van der Waals surface area contributed by atoms with E-state index in [1.807, 2.05) is 31.7 Å². The average molecular weight is 401 g/mol. The minimum absolute atomic E-state index is 0.00121. The van der Waals surface area contributed by atoms with E-state index in [0.717, 1.165) is 10.9 Å². The first-order chi connectivity index (χ1) is 13.8. The van der Waals surface area contributed by atoms with E-state index in [2.05, 4.69) is 5.32 Å². The third-order valence-electron chi connectivity index (χ3n) is 4.83. The Morgan fingerprint density at radius 3 is 2.59 bits per heavy atom. The lowest BCUT2D eigenvalue weighted by atomic mass is 10.1. The number of carbonyl (C=O) groups is 2. The van der Waals surface area contributed by atoms with Crippen LogP contribution in [-0.4, -0.2) is 67.0 Å². The van der Waals surface area contributed by atoms with Crippen molar-refractivity contribution in [3.8, 4) is 5.75 Å². The van der Waals surface area contributed by atoms with Gasteiger partial charge < -0.3 is 19.4 Å². The summed E-state index contributed by atoms with van der Waals surface area (Å²) in [6.45, 7) is 8.38. The van der Waals surface area contributed by atoms with Crippen molar-refractivity contribution in [3.05, 3.63) is 40.2 Å². The van der Waals surface area contributed by atoms with Gasteiger partial charge in [0.2, 0.25) is 5.91 Å². The lowest BCUT2D eigenvalue weighted by Crippen LogP contribution is -2.52. The highest BCUT2D eigenvalue weighted by molar-refractivity contribution is 5.82. The van der Waals surface area contributed by atoms with Crippen LogP contribution in [-0.2, 0) is 9.59 Å². The molecule has 3 rings (SSSR count). The number of fused-ring (bicyclic) bond motifs is 1. The van der Waals surface area contributed by atoms with Crippen molar-refractivity contribution in [2.24, 2.45) is 0 Å². The number of aryl methyl sites for hydroxylation is 1. The maximum Gasteiger partial charge on any atom is 0.336 e. The van der Waals surface area contributed by atoms with Gasteiger partial charge in [0.05, 0.1) is 6.54 Å². The summed E-state index contributed by atoms with van der Waals surface area (Å²) in [5, 5.41) is 3.71. The third-order valence-corrected chi connectivity index (χ3v) is 4.83. The Hall–Kier alpha value is -2.87. The number of piperazine rings is 1. The number of hydrogen-bond donors (Lipinski definition) is 1. The molecule has 1 fully saturated rings. The van der Waals surface area contributed by atoms with Crippen LogP contribution in [0.1, 0.15) is 19.4 Å². The Morgan fingerprint density at radius 1 is 1.17 bits per heavy atom. The first-order valence-corrected chi connectivity index (χ1v) is 9.78. The molecule has 156 valence electrons. The van der Waals surface area contributed by atoms with Crippen LogP contribution in [0, 0.1) is 6.92 Å². The molecule has 1 saturated heterocycles. The van der Waals surface area contributed by atoms with E-state index in [-0.39, 0.29) is 24.5 Å². The number of amides is 2. The number of carbonyl (C=O) groups excluding carboxylic acids is 2. The van der Waals surface area contributed by atoms with Gasteiger partial charge in [-0.15, -0.1) is 0 Å². The summed E-state index contributed by atoms with van der Waals surface area (Å²) < 4.78 is 10.8. The normalized spacial score (nSPS) is 15.0. The molecule has 1 aliphatic heterocycles. The smallest absolute Gasteiger partial charge is 0.336 e. The van der Waals surface area contributed by atoms with E-state index in [0.29, 0.717) is 44.1 Å². The van der Waals surface area contributed by atoms with Crippen molar-refractivity contribution in [2.75, 3.05) is 39.3 Å². The van der Waals surface area contributed by atoms with Gasteiger partial charge in [-0.05, 0) is 38.5 Å². The second kappa shape index (κ2) is 9.09. The van der Waals surface area contributed by atoms with Crippen molar-refractivity contribution in [2.45, 2.75) is 26.8 Å². The lowest BCUT2D eigenvalue weighted by Gasteiger charge is -2.34. The van der Waals surface area contributed by atoms with Crippen LogP contribution in [0.25, 0.3) is 11.0 Å². The highest BCUT2D eigenvalue weighted by Gasteiger charge is 2.22. The molecule has 0 radical (unpaired) electrons. The number of nitrogens with zero attached hydrogens (tertiary/aromatic N) is 2. The van der Waals surface area contributed by atoms with Gasteiger partial charge in [-0.25, -0.2) is 4.79 Å². The molecular weight excluding hydrogens is 374 g/mol. The Kier molecular flexibility index (Phi) is 6.53. The van der Waals surface area contributed by atoms with E-state index in [4.69, 9.17) is 9.15 Å². The lowest BCUT2D eigenvalue weighted by molar-refractivity contribution is -0.135. The average Bonchev–Trinajstić information content (AvgIpc) is 2.65. The predicted octanol–water partition coefficient (Wildman–Crippen LogP) is 1.15. The zero-order valence-corrected chi connectivity index (χ0v) is 17.1. The number of nitrogens with one attached hydrogen (secondary N) is 1. The quantitative estimate of drug-likeness (QED) is 0.730. The zero-order chi connectivity index (χ0) is 21.0. The van der Waals surface area contributed by atoms with Crippen LogP contribution in [0.5, 0.6) is 5.75 Å². The van der Waals surface area contributed by atoms with Crippen LogP contribution < -0.4 is 15.7 Å². The topological polar surface area (TPSA) is 92.1 Å².